The van der Waals surface area contributed by atoms with Crippen molar-refractivity contribution < 1.29 is 14.4 Å². The monoisotopic (exact) mass is 404 g/mol. The topological polar surface area (TPSA) is 103 Å². The van der Waals surface area contributed by atoms with Gasteiger partial charge in [0.1, 0.15) is 5.69 Å². The molecule has 2 aromatic rings. The van der Waals surface area contributed by atoms with Crippen molar-refractivity contribution in [2.75, 3.05) is 5.32 Å². The molecule has 0 bridgehead atoms. The predicted octanol–water partition coefficient (Wildman–Crippen LogP) is 2.13. The first-order valence-electron chi connectivity index (χ1n) is 7.85. The predicted molar refractivity (Wildman–Crippen MR) is 95.6 cm³/mol. The van der Waals surface area contributed by atoms with E-state index in [1.807, 2.05) is 24.3 Å². The standard InChI is InChI=1S/C17H17BrN4O3/c18-12-8-14(19-9-12)17(25)22-21-15(23)6-5-11-7-10-3-1-2-4-13(10)20-16(11)24/h1-4,8-9,11,19H,5-7H2,(H,20,24)(H,21,23)(H,22,25). The second-order valence-electron chi connectivity index (χ2n) is 5.82. The van der Waals surface area contributed by atoms with E-state index in [1.165, 1.54) is 0 Å². The van der Waals surface area contributed by atoms with Gasteiger partial charge in [0, 0.05) is 28.7 Å². The molecule has 0 aliphatic carbocycles. The number of halogens is 1. The van der Waals surface area contributed by atoms with Crippen LogP contribution in [0.15, 0.2) is 41.0 Å². The van der Waals surface area contributed by atoms with Crippen LogP contribution in [0.1, 0.15) is 28.9 Å². The molecule has 1 aromatic carbocycles. The number of aromatic amines is 1. The van der Waals surface area contributed by atoms with Crippen LogP contribution < -0.4 is 16.2 Å². The van der Waals surface area contributed by atoms with Crippen molar-refractivity contribution in [1.82, 2.24) is 15.8 Å². The SMILES string of the molecule is O=C(CCC1Cc2ccccc2NC1=O)NNC(=O)c1cc(Br)c[nH]1. The molecule has 3 amide bonds. The van der Waals surface area contributed by atoms with Gasteiger partial charge in [-0.2, -0.15) is 0 Å². The van der Waals surface area contributed by atoms with Crippen LogP contribution in [0.2, 0.25) is 0 Å². The highest BCUT2D eigenvalue weighted by molar-refractivity contribution is 9.10. The second-order valence-corrected chi connectivity index (χ2v) is 6.74. The van der Waals surface area contributed by atoms with Crippen molar-refractivity contribution in [3.8, 4) is 0 Å². The Morgan fingerprint density at radius 2 is 2.04 bits per heavy atom. The number of carbonyl (C=O) groups is 3. The van der Waals surface area contributed by atoms with E-state index in [0.717, 1.165) is 15.7 Å². The summed E-state index contributed by atoms with van der Waals surface area (Å²) in [6.45, 7) is 0. The van der Waals surface area contributed by atoms with Gasteiger partial charge >= 0.3 is 0 Å². The molecule has 1 aromatic heterocycles. The first kappa shape index (κ1) is 17.2. The summed E-state index contributed by atoms with van der Waals surface area (Å²) in [5.74, 6) is -1.11. The van der Waals surface area contributed by atoms with Gasteiger partial charge in [0.15, 0.2) is 0 Å². The lowest BCUT2D eigenvalue weighted by atomic mass is 9.89. The summed E-state index contributed by atoms with van der Waals surface area (Å²) in [4.78, 5) is 38.6. The number of carbonyl (C=O) groups excluding carboxylic acids is 3. The fourth-order valence-corrected chi connectivity index (χ4v) is 3.05. The summed E-state index contributed by atoms with van der Waals surface area (Å²) in [5.41, 5.74) is 6.92. The Labute approximate surface area is 152 Å². The van der Waals surface area contributed by atoms with Crippen molar-refractivity contribution >= 4 is 39.3 Å². The number of para-hydroxylation sites is 1. The highest BCUT2D eigenvalue weighted by Gasteiger charge is 2.26. The number of H-pyrrole nitrogens is 1. The summed E-state index contributed by atoms with van der Waals surface area (Å²) in [6.07, 6.45) is 2.79. The van der Waals surface area contributed by atoms with E-state index in [1.54, 1.807) is 12.3 Å². The molecule has 3 rings (SSSR count). The minimum atomic E-state index is -0.441. The van der Waals surface area contributed by atoms with E-state index < -0.39 is 5.91 Å². The van der Waals surface area contributed by atoms with Gasteiger partial charge in [-0.15, -0.1) is 0 Å². The number of fused-ring (bicyclic) bond motifs is 1. The molecule has 8 heteroatoms. The normalized spacial score (nSPS) is 15.9. The zero-order valence-corrected chi connectivity index (χ0v) is 14.9. The zero-order chi connectivity index (χ0) is 17.8. The van der Waals surface area contributed by atoms with Gasteiger partial charge in [-0.05, 0) is 46.5 Å². The maximum atomic E-state index is 12.1. The number of aromatic nitrogens is 1. The van der Waals surface area contributed by atoms with Gasteiger partial charge in [-0.25, -0.2) is 0 Å². The molecular formula is C17H17BrN4O3. The number of rotatable bonds is 4. The molecule has 1 atom stereocenters. The van der Waals surface area contributed by atoms with Gasteiger partial charge < -0.3 is 10.3 Å². The lowest BCUT2D eigenvalue weighted by Gasteiger charge is -2.24. The third-order valence-corrected chi connectivity index (χ3v) is 4.50. The lowest BCUT2D eigenvalue weighted by molar-refractivity contribution is -0.123. The van der Waals surface area contributed by atoms with Crippen LogP contribution in [0.3, 0.4) is 0 Å². The number of hydrogen-bond acceptors (Lipinski definition) is 3. The summed E-state index contributed by atoms with van der Waals surface area (Å²) in [5, 5.41) is 2.86. The molecular weight excluding hydrogens is 388 g/mol. The van der Waals surface area contributed by atoms with Gasteiger partial charge in [0.25, 0.3) is 5.91 Å². The molecule has 1 aliphatic heterocycles. The molecule has 1 unspecified atom stereocenters. The van der Waals surface area contributed by atoms with Gasteiger partial charge in [-0.3, -0.25) is 25.2 Å². The van der Waals surface area contributed by atoms with Crippen molar-refractivity contribution in [2.45, 2.75) is 19.3 Å². The molecule has 0 saturated carbocycles. The number of nitrogens with one attached hydrogen (secondary N) is 4. The van der Waals surface area contributed by atoms with Crippen molar-refractivity contribution in [3.63, 3.8) is 0 Å². The van der Waals surface area contributed by atoms with Crippen LogP contribution in [-0.2, 0) is 16.0 Å². The Bertz CT molecular complexity index is 818. The third kappa shape index (κ3) is 4.27. The average molecular weight is 405 g/mol. The third-order valence-electron chi connectivity index (χ3n) is 4.04. The van der Waals surface area contributed by atoms with Crippen molar-refractivity contribution in [3.05, 3.63) is 52.3 Å². The van der Waals surface area contributed by atoms with Crippen LogP contribution in [0.5, 0.6) is 0 Å². The number of hydrazine groups is 1. The maximum Gasteiger partial charge on any atom is 0.286 e. The Morgan fingerprint density at radius 1 is 1.24 bits per heavy atom. The summed E-state index contributed by atoms with van der Waals surface area (Å²) >= 11 is 3.23. The Hall–Kier alpha value is -2.61. The maximum absolute atomic E-state index is 12.1. The summed E-state index contributed by atoms with van der Waals surface area (Å²) < 4.78 is 0.743. The van der Waals surface area contributed by atoms with Crippen molar-refractivity contribution in [2.24, 2.45) is 5.92 Å². The summed E-state index contributed by atoms with van der Waals surface area (Å²) in [6, 6.07) is 9.24. The van der Waals surface area contributed by atoms with E-state index in [2.05, 4.69) is 37.1 Å². The van der Waals surface area contributed by atoms with Gasteiger partial charge in [-0.1, -0.05) is 18.2 Å². The highest BCUT2D eigenvalue weighted by atomic mass is 79.9. The van der Waals surface area contributed by atoms with E-state index in [0.29, 0.717) is 18.5 Å². The lowest BCUT2D eigenvalue weighted by Crippen LogP contribution is -2.42. The number of benzene rings is 1. The number of hydrogen-bond donors (Lipinski definition) is 4. The Balaban J connectivity index is 1.46. The van der Waals surface area contributed by atoms with E-state index in [4.69, 9.17) is 0 Å². The van der Waals surface area contributed by atoms with Crippen LogP contribution in [0.4, 0.5) is 5.69 Å². The van der Waals surface area contributed by atoms with Crippen molar-refractivity contribution in [1.29, 1.82) is 0 Å². The van der Waals surface area contributed by atoms with E-state index in [-0.39, 0.29) is 24.2 Å². The number of amides is 3. The van der Waals surface area contributed by atoms with E-state index in [9.17, 15) is 14.4 Å². The van der Waals surface area contributed by atoms with Crippen LogP contribution in [0.25, 0.3) is 0 Å². The number of anilines is 1. The fraction of sp³-hybridized carbons (Fsp3) is 0.235. The minimum absolute atomic E-state index is 0.0771. The van der Waals surface area contributed by atoms with Gasteiger partial charge in [0.2, 0.25) is 11.8 Å². The Kier molecular flexibility index (Phi) is 5.18. The Morgan fingerprint density at radius 3 is 2.80 bits per heavy atom. The molecule has 0 spiro atoms. The zero-order valence-electron chi connectivity index (χ0n) is 13.3. The molecule has 7 nitrogen and oxygen atoms in total. The van der Waals surface area contributed by atoms with Gasteiger partial charge in [0.05, 0.1) is 0 Å². The van der Waals surface area contributed by atoms with Crippen LogP contribution in [0, 0.1) is 5.92 Å². The molecule has 130 valence electrons. The highest BCUT2D eigenvalue weighted by Crippen LogP contribution is 2.27. The molecule has 0 fully saturated rings. The fourth-order valence-electron chi connectivity index (χ4n) is 2.71. The first-order valence-corrected chi connectivity index (χ1v) is 8.64. The van der Waals surface area contributed by atoms with Crippen LogP contribution in [-0.4, -0.2) is 22.7 Å². The van der Waals surface area contributed by atoms with E-state index >= 15 is 0 Å². The molecule has 0 radical (unpaired) electrons. The molecule has 1 aliphatic rings. The second kappa shape index (κ2) is 7.52. The van der Waals surface area contributed by atoms with Crippen LogP contribution >= 0.6 is 15.9 Å². The smallest absolute Gasteiger partial charge is 0.286 e. The summed E-state index contributed by atoms with van der Waals surface area (Å²) in [7, 11) is 0. The molecule has 25 heavy (non-hydrogen) atoms. The first-order chi connectivity index (χ1) is 12.0. The minimum Gasteiger partial charge on any atom is -0.356 e. The molecule has 2 heterocycles. The quantitative estimate of drug-likeness (QED) is 0.586. The largest absolute Gasteiger partial charge is 0.356 e. The molecule has 0 saturated heterocycles. The molecule has 4 N–H and O–H groups in total. The average Bonchev–Trinajstić information content (AvgIpc) is 3.04.